The van der Waals surface area contributed by atoms with Gasteiger partial charge in [0, 0.05) is 43.0 Å². The van der Waals surface area contributed by atoms with E-state index in [0.29, 0.717) is 5.92 Å². The average Bonchev–Trinajstić information content (AvgIpc) is 3.22. The van der Waals surface area contributed by atoms with E-state index in [0.717, 1.165) is 33.3 Å². The summed E-state index contributed by atoms with van der Waals surface area (Å²) < 4.78 is 6.30. The van der Waals surface area contributed by atoms with Crippen LogP contribution in [0.2, 0.25) is 0 Å². The Labute approximate surface area is 199 Å². The molecule has 3 aromatic carbocycles. The fourth-order valence-electron chi connectivity index (χ4n) is 4.00. The highest BCUT2D eigenvalue weighted by molar-refractivity contribution is 6.09. The minimum Gasteiger partial charge on any atom is -0.454 e. The van der Waals surface area contributed by atoms with Crippen LogP contribution in [0.1, 0.15) is 58.4 Å². The zero-order valence-electron chi connectivity index (χ0n) is 21.0. The van der Waals surface area contributed by atoms with Crippen LogP contribution < -0.4 is 9.80 Å². The zero-order valence-corrected chi connectivity index (χ0v) is 21.0. The second kappa shape index (κ2) is 11.6. The van der Waals surface area contributed by atoms with Crippen molar-refractivity contribution in [3.63, 3.8) is 0 Å². The summed E-state index contributed by atoms with van der Waals surface area (Å²) in [5.41, 5.74) is 5.43. The van der Waals surface area contributed by atoms with Gasteiger partial charge in [-0.25, -0.2) is 0 Å². The van der Waals surface area contributed by atoms with Crippen molar-refractivity contribution >= 4 is 33.3 Å². The van der Waals surface area contributed by atoms with E-state index in [2.05, 4.69) is 113 Å². The number of hydrogen-bond donors (Lipinski definition) is 0. The first kappa shape index (κ1) is 24.4. The monoisotopic (exact) mass is 442 g/mol. The maximum absolute atomic E-state index is 6.30. The van der Waals surface area contributed by atoms with Gasteiger partial charge in [0.05, 0.1) is 5.69 Å². The van der Waals surface area contributed by atoms with E-state index in [1.165, 1.54) is 24.8 Å². The first-order valence-electron chi connectivity index (χ1n) is 12.1. The van der Waals surface area contributed by atoms with Crippen molar-refractivity contribution in [1.29, 1.82) is 0 Å². The third-order valence-corrected chi connectivity index (χ3v) is 5.91. The fraction of sp³-hybridized carbons (Fsp3) is 0.333. The number of hydrogen-bond acceptors (Lipinski definition) is 3. The van der Waals surface area contributed by atoms with Crippen LogP contribution in [-0.2, 0) is 0 Å². The lowest BCUT2D eigenvalue weighted by atomic mass is 9.98. The number of furan rings is 1. The Balaban J connectivity index is 0.000000555. The Morgan fingerprint density at radius 3 is 2.03 bits per heavy atom. The van der Waals surface area contributed by atoms with Crippen LogP contribution >= 0.6 is 0 Å². The van der Waals surface area contributed by atoms with Crippen molar-refractivity contribution in [2.75, 3.05) is 23.9 Å². The molecule has 0 fully saturated rings. The molecule has 0 aliphatic carbocycles. The van der Waals surface area contributed by atoms with Gasteiger partial charge in [0.2, 0.25) is 0 Å². The second-order valence-corrected chi connectivity index (χ2v) is 8.84. The van der Waals surface area contributed by atoms with E-state index in [4.69, 9.17) is 4.42 Å². The highest BCUT2D eigenvalue weighted by Gasteiger charge is 2.18. The van der Waals surface area contributed by atoms with Crippen molar-refractivity contribution in [3.8, 4) is 0 Å². The minimum absolute atomic E-state index is 0.398. The Hall–Kier alpha value is -3.20. The minimum atomic E-state index is 0.398. The van der Waals surface area contributed by atoms with E-state index in [1.807, 2.05) is 18.2 Å². The normalized spacial score (nSPS) is 11.2. The second-order valence-electron chi connectivity index (χ2n) is 8.84. The fourth-order valence-corrected chi connectivity index (χ4v) is 4.00. The average molecular weight is 443 g/mol. The number of fused-ring (bicyclic) bond motifs is 3. The Morgan fingerprint density at radius 1 is 0.758 bits per heavy atom. The number of benzene rings is 3. The lowest BCUT2D eigenvalue weighted by Gasteiger charge is -2.22. The standard InChI is InChI=1S/C25H26N2O.C5H12/c1-18(2)20-14-15-22-21-12-8-9-13-23(21)28-25(22)24(20)27(4)17-16-26(3)19-10-6-5-7-11-19;1-3-5-4-2/h5-18H,1-4H3;3-5H2,1-2H3/b17-16-;. The van der Waals surface area contributed by atoms with Crippen molar-refractivity contribution in [1.82, 2.24) is 0 Å². The lowest BCUT2D eigenvalue weighted by Crippen LogP contribution is -2.15. The number of anilines is 2. The highest BCUT2D eigenvalue weighted by atomic mass is 16.3. The molecule has 0 radical (unpaired) electrons. The molecular formula is C30H38N2O. The quantitative estimate of drug-likeness (QED) is 0.285. The third kappa shape index (κ3) is 5.78. The predicted octanol–water partition coefficient (Wildman–Crippen LogP) is 8.95. The molecule has 0 aliphatic rings. The molecule has 0 spiro atoms. The number of nitrogens with zero attached hydrogens (tertiary/aromatic N) is 2. The summed E-state index contributed by atoms with van der Waals surface area (Å²) in [5, 5.41) is 2.32. The van der Waals surface area contributed by atoms with Crippen molar-refractivity contribution < 1.29 is 4.42 Å². The molecule has 1 heterocycles. The van der Waals surface area contributed by atoms with Crippen LogP contribution in [0.4, 0.5) is 11.4 Å². The Morgan fingerprint density at radius 2 is 1.39 bits per heavy atom. The summed E-state index contributed by atoms with van der Waals surface area (Å²) in [4.78, 5) is 4.28. The van der Waals surface area contributed by atoms with E-state index in [9.17, 15) is 0 Å². The summed E-state index contributed by atoms with van der Waals surface area (Å²) in [5.74, 6) is 0.398. The van der Waals surface area contributed by atoms with Crippen LogP contribution in [0.25, 0.3) is 21.9 Å². The van der Waals surface area contributed by atoms with E-state index in [-0.39, 0.29) is 0 Å². The van der Waals surface area contributed by atoms with Crippen molar-refractivity contribution in [3.05, 3.63) is 84.7 Å². The van der Waals surface area contributed by atoms with Gasteiger partial charge in [-0.3, -0.25) is 0 Å². The molecule has 4 rings (SSSR count). The number of unbranched alkanes of at least 4 members (excludes halogenated alkanes) is 2. The molecule has 0 saturated carbocycles. The molecule has 0 N–H and O–H groups in total. The molecule has 3 nitrogen and oxygen atoms in total. The molecular weight excluding hydrogens is 404 g/mol. The van der Waals surface area contributed by atoms with E-state index < -0.39 is 0 Å². The molecule has 4 aromatic rings. The maximum atomic E-state index is 6.30. The smallest absolute Gasteiger partial charge is 0.159 e. The van der Waals surface area contributed by atoms with Gasteiger partial charge in [0.1, 0.15) is 5.58 Å². The predicted molar refractivity (Wildman–Crippen MR) is 145 cm³/mol. The van der Waals surface area contributed by atoms with Crippen LogP contribution in [0.5, 0.6) is 0 Å². The molecule has 0 bridgehead atoms. The SMILES string of the molecule is CC(C)c1ccc2c(oc3ccccc32)c1N(C)/C=C\N(C)c1ccccc1.CCCCC. The molecule has 174 valence electrons. The summed E-state index contributed by atoms with van der Waals surface area (Å²) in [6.45, 7) is 8.87. The van der Waals surface area contributed by atoms with Crippen molar-refractivity contribution in [2.45, 2.75) is 52.9 Å². The topological polar surface area (TPSA) is 19.6 Å². The van der Waals surface area contributed by atoms with Crippen LogP contribution in [0, 0.1) is 0 Å². The van der Waals surface area contributed by atoms with E-state index >= 15 is 0 Å². The molecule has 0 atom stereocenters. The number of para-hydroxylation sites is 2. The van der Waals surface area contributed by atoms with Gasteiger partial charge in [-0.15, -0.1) is 0 Å². The third-order valence-electron chi connectivity index (χ3n) is 5.91. The molecule has 33 heavy (non-hydrogen) atoms. The summed E-state index contributed by atoms with van der Waals surface area (Å²) in [6.07, 6.45) is 8.26. The van der Waals surface area contributed by atoms with E-state index in [1.54, 1.807) is 0 Å². The molecule has 0 aliphatic heterocycles. The Bertz CT molecular complexity index is 1170. The van der Waals surface area contributed by atoms with Gasteiger partial charge >= 0.3 is 0 Å². The molecule has 0 saturated heterocycles. The maximum Gasteiger partial charge on any atom is 0.159 e. The Kier molecular flexibility index (Phi) is 8.59. The molecule has 0 amide bonds. The van der Waals surface area contributed by atoms with Crippen LogP contribution in [-0.4, -0.2) is 14.1 Å². The zero-order chi connectivity index (χ0) is 23.8. The highest BCUT2D eigenvalue weighted by Crippen LogP contribution is 2.39. The van der Waals surface area contributed by atoms with Crippen LogP contribution in [0.15, 0.2) is 83.5 Å². The van der Waals surface area contributed by atoms with Gasteiger partial charge in [-0.05, 0) is 29.7 Å². The number of rotatable bonds is 7. The van der Waals surface area contributed by atoms with Crippen molar-refractivity contribution in [2.24, 2.45) is 0 Å². The molecule has 0 unspecified atom stereocenters. The van der Waals surface area contributed by atoms with Gasteiger partial charge in [0.25, 0.3) is 0 Å². The van der Waals surface area contributed by atoms with Gasteiger partial charge < -0.3 is 14.2 Å². The first-order chi connectivity index (χ1) is 16.0. The van der Waals surface area contributed by atoms with Gasteiger partial charge in [0.15, 0.2) is 5.58 Å². The summed E-state index contributed by atoms with van der Waals surface area (Å²) in [7, 11) is 4.15. The first-order valence-corrected chi connectivity index (χ1v) is 12.1. The van der Waals surface area contributed by atoms with Gasteiger partial charge in [-0.2, -0.15) is 0 Å². The summed E-state index contributed by atoms with van der Waals surface area (Å²) in [6, 6.07) is 23.0. The largest absolute Gasteiger partial charge is 0.454 e. The lowest BCUT2D eigenvalue weighted by molar-refractivity contribution is 0.667. The van der Waals surface area contributed by atoms with Crippen LogP contribution in [0.3, 0.4) is 0 Å². The molecule has 1 aromatic heterocycles. The van der Waals surface area contributed by atoms with Gasteiger partial charge in [-0.1, -0.05) is 95.5 Å². The summed E-state index contributed by atoms with van der Waals surface area (Å²) >= 11 is 0. The molecule has 3 heteroatoms.